The number of alkyl halides is 2. The van der Waals surface area contributed by atoms with E-state index in [2.05, 4.69) is 4.98 Å². The van der Waals surface area contributed by atoms with Gasteiger partial charge in [-0.3, -0.25) is 4.98 Å². The van der Waals surface area contributed by atoms with Gasteiger partial charge in [-0.1, -0.05) is 18.2 Å². The summed E-state index contributed by atoms with van der Waals surface area (Å²) in [7, 11) is 0. The molecular formula is C12H10F2N2. The largest absolute Gasteiger partial charge is 0.316 e. The molecule has 1 aromatic heterocycles. The first kappa shape index (κ1) is 9.66. The van der Waals surface area contributed by atoms with Crippen molar-refractivity contribution in [1.82, 2.24) is 4.98 Å². The predicted octanol–water partition coefficient (Wildman–Crippen LogP) is 2.43. The molecule has 1 fully saturated rings. The lowest BCUT2D eigenvalue weighted by Crippen LogP contribution is -2.27. The summed E-state index contributed by atoms with van der Waals surface area (Å²) >= 11 is 0. The molecule has 1 aromatic carbocycles. The quantitative estimate of drug-likeness (QED) is 0.801. The molecule has 0 bridgehead atoms. The van der Waals surface area contributed by atoms with E-state index in [1.807, 2.05) is 6.07 Å². The Hall–Kier alpha value is -1.55. The van der Waals surface area contributed by atoms with Gasteiger partial charge in [0.25, 0.3) is 5.92 Å². The van der Waals surface area contributed by atoms with E-state index in [0.29, 0.717) is 16.5 Å². The third-order valence-corrected chi connectivity index (χ3v) is 3.16. The van der Waals surface area contributed by atoms with Crippen molar-refractivity contribution in [2.24, 2.45) is 5.73 Å². The maximum absolute atomic E-state index is 13.2. The van der Waals surface area contributed by atoms with E-state index in [1.54, 1.807) is 24.3 Å². The van der Waals surface area contributed by atoms with Gasteiger partial charge >= 0.3 is 0 Å². The molecule has 0 radical (unpaired) electrons. The van der Waals surface area contributed by atoms with Gasteiger partial charge in [0.05, 0.1) is 5.52 Å². The number of aromatic nitrogens is 1. The van der Waals surface area contributed by atoms with E-state index in [4.69, 9.17) is 5.73 Å². The number of rotatable bonds is 1. The Bertz CT molecular complexity index is 562. The first-order valence-corrected chi connectivity index (χ1v) is 5.05. The topological polar surface area (TPSA) is 38.9 Å². The maximum Gasteiger partial charge on any atom is 0.272 e. The maximum atomic E-state index is 13.2. The summed E-state index contributed by atoms with van der Waals surface area (Å²) in [6.45, 7) is 0. The highest BCUT2D eigenvalue weighted by atomic mass is 19.3. The van der Waals surface area contributed by atoms with Gasteiger partial charge in [-0.05, 0) is 17.7 Å². The molecule has 1 aliphatic carbocycles. The average Bonchev–Trinajstić information content (AvgIpc) is 2.78. The lowest BCUT2D eigenvalue weighted by Gasteiger charge is -2.13. The number of hydrogen-bond acceptors (Lipinski definition) is 2. The van der Waals surface area contributed by atoms with Crippen LogP contribution in [0.15, 0.2) is 36.5 Å². The first-order chi connectivity index (χ1) is 7.55. The number of pyridine rings is 1. The van der Waals surface area contributed by atoms with Crippen LogP contribution in [-0.2, 0) is 5.54 Å². The molecule has 1 unspecified atom stereocenters. The summed E-state index contributed by atoms with van der Waals surface area (Å²) in [5.74, 6) is -2.79. The van der Waals surface area contributed by atoms with Gasteiger partial charge in [0.15, 0.2) is 0 Å². The number of benzene rings is 1. The van der Waals surface area contributed by atoms with E-state index in [-0.39, 0.29) is 6.42 Å². The smallest absolute Gasteiger partial charge is 0.272 e. The van der Waals surface area contributed by atoms with Gasteiger partial charge in [-0.25, -0.2) is 8.78 Å². The molecule has 1 saturated carbocycles. The van der Waals surface area contributed by atoms with Gasteiger partial charge in [0.1, 0.15) is 5.54 Å². The van der Waals surface area contributed by atoms with Crippen molar-refractivity contribution >= 4 is 10.9 Å². The molecule has 4 heteroatoms. The highest BCUT2D eigenvalue weighted by Crippen LogP contribution is 2.58. The zero-order chi connectivity index (χ0) is 11.4. The average molecular weight is 220 g/mol. The zero-order valence-corrected chi connectivity index (χ0v) is 8.45. The highest BCUT2D eigenvalue weighted by molar-refractivity contribution is 5.83. The molecule has 1 atom stereocenters. The van der Waals surface area contributed by atoms with E-state index < -0.39 is 11.5 Å². The summed E-state index contributed by atoms with van der Waals surface area (Å²) in [6.07, 6.45) is 1.24. The molecule has 16 heavy (non-hydrogen) atoms. The molecule has 2 nitrogen and oxygen atoms in total. The van der Waals surface area contributed by atoms with Crippen LogP contribution < -0.4 is 5.73 Å². The second-order valence-corrected chi connectivity index (χ2v) is 4.23. The third kappa shape index (κ3) is 1.10. The standard InChI is InChI=1S/C12H10F2N2/c13-12(14)7-11(12,15)9-5-6-16-10-4-2-1-3-8(9)10/h1-6H,7,15H2. The number of nitrogens with two attached hydrogens (primary N) is 1. The number of fused-ring (bicyclic) bond motifs is 1. The Morgan fingerprint density at radius 2 is 1.88 bits per heavy atom. The van der Waals surface area contributed by atoms with Gasteiger partial charge in [0, 0.05) is 18.0 Å². The Balaban J connectivity index is 2.26. The van der Waals surface area contributed by atoms with Crippen LogP contribution in [0.5, 0.6) is 0 Å². The van der Waals surface area contributed by atoms with Crippen LogP contribution in [0, 0.1) is 0 Å². The van der Waals surface area contributed by atoms with E-state index in [0.717, 1.165) is 0 Å². The molecule has 2 aromatic rings. The second-order valence-electron chi connectivity index (χ2n) is 4.23. The lowest BCUT2D eigenvalue weighted by molar-refractivity contribution is 0.0894. The molecule has 0 spiro atoms. The van der Waals surface area contributed by atoms with Crippen LogP contribution in [0.2, 0.25) is 0 Å². The van der Waals surface area contributed by atoms with Gasteiger partial charge in [-0.15, -0.1) is 0 Å². The van der Waals surface area contributed by atoms with Crippen molar-refractivity contribution in [1.29, 1.82) is 0 Å². The molecule has 2 N–H and O–H groups in total. The fourth-order valence-electron chi connectivity index (χ4n) is 2.08. The monoisotopic (exact) mass is 220 g/mol. The first-order valence-electron chi connectivity index (χ1n) is 5.05. The molecule has 0 saturated heterocycles. The highest BCUT2D eigenvalue weighted by Gasteiger charge is 2.70. The summed E-state index contributed by atoms with van der Waals surface area (Å²) in [4.78, 5) is 4.13. The fourth-order valence-corrected chi connectivity index (χ4v) is 2.08. The van der Waals surface area contributed by atoms with Crippen molar-refractivity contribution in [2.45, 2.75) is 17.9 Å². The fraction of sp³-hybridized carbons (Fsp3) is 0.250. The Morgan fingerprint density at radius 3 is 2.56 bits per heavy atom. The molecular weight excluding hydrogens is 210 g/mol. The minimum absolute atomic E-state index is 0.284. The summed E-state index contributed by atoms with van der Waals surface area (Å²) in [6, 6.07) is 8.79. The van der Waals surface area contributed by atoms with E-state index >= 15 is 0 Å². The van der Waals surface area contributed by atoms with Crippen LogP contribution in [-0.4, -0.2) is 10.9 Å². The normalized spacial score (nSPS) is 26.9. The molecule has 1 aliphatic rings. The summed E-state index contributed by atoms with van der Waals surface area (Å²) in [5.41, 5.74) is 5.42. The number of para-hydroxylation sites is 1. The van der Waals surface area contributed by atoms with Gasteiger partial charge in [-0.2, -0.15) is 0 Å². The van der Waals surface area contributed by atoms with E-state index in [1.165, 1.54) is 6.20 Å². The third-order valence-electron chi connectivity index (χ3n) is 3.16. The Labute approximate surface area is 91.1 Å². The SMILES string of the molecule is NC1(c2ccnc3ccccc23)CC1(F)F. The van der Waals surface area contributed by atoms with Crippen molar-refractivity contribution in [2.75, 3.05) is 0 Å². The molecule has 3 rings (SSSR count). The van der Waals surface area contributed by atoms with Crippen LogP contribution in [0.25, 0.3) is 10.9 Å². The van der Waals surface area contributed by atoms with Crippen LogP contribution in [0.3, 0.4) is 0 Å². The molecule has 1 heterocycles. The molecule has 0 aliphatic heterocycles. The number of halogens is 2. The zero-order valence-electron chi connectivity index (χ0n) is 8.45. The Kier molecular flexibility index (Phi) is 1.67. The molecule has 0 amide bonds. The van der Waals surface area contributed by atoms with Crippen molar-refractivity contribution in [3.05, 3.63) is 42.1 Å². The van der Waals surface area contributed by atoms with Crippen LogP contribution in [0.1, 0.15) is 12.0 Å². The number of hydrogen-bond donors (Lipinski definition) is 1. The number of nitrogens with zero attached hydrogens (tertiary/aromatic N) is 1. The van der Waals surface area contributed by atoms with E-state index in [9.17, 15) is 8.78 Å². The summed E-state index contributed by atoms with van der Waals surface area (Å²) in [5, 5.41) is 0.713. The minimum Gasteiger partial charge on any atom is -0.316 e. The predicted molar refractivity (Wildman–Crippen MR) is 57.2 cm³/mol. The second kappa shape index (κ2) is 2.77. The van der Waals surface area contributed by atoms with Crippen molar-refractivity contribution in [3.63, 3.8) is 0 Å². The lowest BCUT2D eigenvalue weighted by atomic mass is 10.0. The van der Waals surface area contributed by atoms with Gasteiger partial charge in [0.2, 0.25) is 0 Å². The molecule has 82 valence electrons. The Morgan fingerprint density at radius 1 is 1.19 bits per heavy atom. The van der Waals surface area contributed by atoms with Crippen molar-refractivity contribution in [3.8, 4) is 0 Å². The minimum atomic E-state index is -2.79. The van der Waals surface area contributed by atoms with Crippen LogP contribution >= 0.6 is 0 Å². The van der Waals surface area contributed by atoms with Crippen LogP contribution in [0.4, 0.5) is 8.78 Å². The van der Waals surface area contributed by atoms with Crippen molar-refractivity contribution < 1.29 is 8.78 Å². The van der Waals surface area contributed by atoms with Gasteiger partial charge < -0.3 is 5.73 Å². The summed E-state index contributed by atoms with van der Waals surface area (Å²) < 4.78 is 26.5.